The minimum atomic E-state index is -0.247. The number of ether oxygens (including phenoxy) is 2. The molecule has 2 heterocycles. The smallest absolute Gasteiger partial charge is 0.238 e. The number of amides is 1. The van der Waals surface area contributed by atoms with Gasteiger partial charge in [-0.05, 0) is 44.5 Å². The Labute approximate surface area is 180 Å². The molecule has 0 aliphatic carbocycles. The van der Waals surface area contributed by atoms with Crippen molar-refractivity contribution in [1.29, 1.82) is 0 Å². The van der Waals surface area contributed by atoms with Crippen LogP contribution in [0.15, 0.2) is 42.5 Å². The summed E-state index contributed by atoms with van der Waals surface area (Å²) in [6, 6.07) is 13.9. The minimum absolute atomic E-state index is 0.0422. The fraction of sp³-hybridized carbons (Fsp3) is 0.304. The SMILES string of the molecule is COc1cccc([C@H]2S[C@H](C)C(=O)Nc3c2c(C)nn3-c2cccc(C)c2)c1OC. The molecule has 2 atom stereocenters. The first-order valence-corrected chi connectivity index (χ1v) is 10.7. The van der Waals surface area contributed by atoms with Gasteiger partial charge in [0.25, 0.3) is 0 Å². The molecule has 0 unspecified atom stereocenters. The molecular weight excluding hydrogens is 398 g/mol. The first-order chi connectivity index (χ1) is 14.4. The van der Waals surface area contributed by atoms with Gasteiger partial charge in [0.05, 0.1) is 36.1 Å². The Balaban J connectivity index is 1.95. The Kier molecular flexibility index (Phi) is 5.47. The maximum absolute atomic E-state index is 12.9. The molecule has 1 amide bonds. The highest BCUT2D eigenvalue weighted by Gasteiger charge is 2.35. The maximum atomic E-state index is 12.9. The molecule has 6 nitrogen and oxygen atoms in total. The molecule has 0 bridgehead atoms. The number of anilines is 1. The van der Waals surface area contributed by atoms with Crippen LogP contribution in [0.5, 0.6) is 11.5 Å². The van der Waals surface area contributed by atoms with Crippen molar-refractivity contribution >= 4 is 23.5 Å². The Hall–Kier alpha value is -2.93. The summed E-state index contributed by atoms with van der Waals surface area (Å²) in [6.07, 6.45) is 0. The second-order valence-electron chi connectivity index (χ2n) is 7.33. The molecule has 0 spiro atoms. The van der Waals surface area contributed by atoms with Crippen LogP contribution in [0, 0.1) is 13.8 Å². The van der Waals surface area contributed by atoms with E-state index in [4.69, 9.17) is 14.6 Å². The highest BCUT2D eigenvalue weighted by atomic mass is 32.2. The topological polar surface area (TPSA) is 65.4 Å². The highest BCUT2D eigenvalue weighted by molar-refractivity contribution is 8.01. The van der Waals surface area contributed by atoms with Crippen molar-refractivity contribution in [1.82, 2.24) is 9.78 Å². The lowest BCUT2D eigenvalue weighted by atomic mass is 10.0. The molecule has 0 saturated carbocycles. The largest absolute Gasteiger partial charge is 0.493 e. The summed E-state index contributed by atoms with van der Waals surface area (Å²) >= 11 is 1.58. The second kappa shape index (κ2) is 8.07. The van der Waals surface area contributed by atoms with Crippen LogP contribution in [0.3, 0.4) is 0 Å². The number of hydrogen-bond acceptors (Lipinski definition) is 5. The number of benzene rings is 2. The molecule has 0 fully saturated rings. The number of hydrogen-bond donors (Lipinski definition) is 1. The Bertz CT molecular complexity index is 1110. The zero-order chi connectivity index (χ0) is 21.4. The van der Waals surface area contributed by atoms with E-state index in [1.165, 1.54) is 0 Å². The van der Waals surface area contributed by atoms with E-state index in [1.807, 2.05) is 61.9 Å². The van der Waals surface area contributed by atoms with E-state index in [1.54, 1.807) is 26.0 Å². The number of aromatic nitrogens is 2. The van der Waals surface area contributed by atoms with E-state index in [0.29, 0.717) is 17.3 Å². The van der Waals surface area contributed by atoms with Crippen LogP contribution in [0.2, 0.25) is 0 Å². The molecule has 4 rings (SSSR count). The predicted octanol–water partition coefficient (Wildman–Crippen LogP) is 4.67. The lowest BCUT2D eigenvalue weighted by Gasteiger charge is -2.21. The van der Waals surface area contributed by atoms with Crippen molar-refractivity contribution in [2.75, 3.05) is 19.5 Å². The van der Waals surface area contributed by atoms with Gasteiger partial charge in [-0.1, -0.05) is 24.3 Å². The first kappa shape index (κ1) is 20.3. The minimum Gasteiger partial charge on any atom is -0.493 e. The van der Waals surface area contributed by atoms with E-state index in [-0.39, 0.29) is 16.4 Å². The molecule has 3 aromatic rings. The number of para-hydroxylation sites is 1. The van der Waals surface area contributed by atoms with Crippen LogP contribution in [0.1, 0.15) is 34.6 Å². The van der Waals surface area contributed by atoms with E-state index in [2.05, 4.69) is 11.4 Å². The summed E-state index contributed by atoms with van der Waals surface area (Å²) in [4.78, 5) is 12.9. The van der Waals surface area contributed by atoms with Crippen molar-refractivity contribution in [3.63, 3.8) is 0 Å². The van der Waals surface area contributed by atoms with Crippen molar-refractivity contribution in [2.45, 2.75) is 31.3 Å². The Morgan fingerprint density at radius 2 is 1.87 bits per heavy atom. The summed E-state index contributed by atoms with van der Waals surface area (Å²) in [6.45, 7) is 5.94. The van der Waals surface area contributed by atoms with Crippen molar-refractivity contribution < 1.29 is 14.3 Å². The van der Waals surface area contributed by atoms with Gasteiger partial charge in [-0.2, -0.15) is 5.10 Å². The summed E-state index contributed by atoms with van der Waals surface area (Å²) in [5, 5.41) is 7.52. The standard InChI is InChI=1S/C23H25N3O3S/c1-13-8-6-9-16(12-13)26-22-19(14(2)25-26)21(30-15(3)23(27)24-22)17-10-7-11-18(28-4)20(17)29-5/h6-12,15,21H,1-5H3,(H,24,27)/t15-,21-/m1/s1. The van der Waals surface area contributed by atoms with Gasteiger partial charge in [0.15, 0.2) is 11.5 Å². The molecule has 0 radical (unpaired) electrons. The fourth-order valence-corrected chi connectivity index (χ4v) is 5.16. The van der Waals surface area contributed by atoms with E-state index >= 15 is 0 Å². The van der Waals surface area contributed by atoms with Crippen LogP contribution in [-0.4, -0.2) is 35.2 Å². The highest BCUT2D eigenvalue weighted by Crippen LogP contribution is 2.50. The molecular formula is C23H25N3O3S. The summed E-state index contributed by atoms with van der Waals surface area (Å²) in [5.74, 6) is 2.00. The molecule has 156 valence electrons. The summed E-state index contributed by atoms with van der Waals surface area (Å²) in [7, 11) is 3.27. The molecule has 1 aliphatic heterocycles. The van der Waals surface area contributed by atoms with E-state index < -0.39 is 0 Å². The molecule has 0 saturated heterocycles. The number of thioether (sulfide) groups is 1. The molecule has 1 aromatic heterocycles. The lowest BCUT2D eigenvalue weighted by Crippen LogP contribution is -2.22. The van der Waals surface area contributed by atoms with Crippen LogP contribution in [0.25, 0.3) is 5.69 Å². The van der Waals surface area contributed by atoms with Crippen molar-refractivity contribution in [3.05, 3.63) is 64.8 Å². The van der Waals surface area contributed by atoms with Gasteiger partial charge >= 0.3 is 0 Å². The van der Waals surface area contributed by atoms with E-state index in [9.17, 15) is 4.79 Å². The van der Waals surface area contributed by atoms with Gasteiger partial charge in [-0.15, -0.1) is 11.8 Å². The number of rotatable bonds is 4. The van der Waals surface area contributed by atoms with Gasteiger partial charge in [0.1, 0.15) is 5.82 Å². The normalized spacial score (nSPS) is 18.4. The number of carbonyl (C=O) groups excluding carboxylic acids is 1. The molecule has 2 aromatic carbocycles. The van der Waals surface area contributed by atoms with Crippen molar-refractivity contribution in [2.24, 2.45) is 0 Å². The number of aryl methyl sites for hydroxylation is 2. The van der Waals surface area contributed by atoms with Crippen LogP contribution in [0.4, 0.5) is 5.82 Å². The third-order valence-corrected chi connectivity index (χ3v) is 6.67. The molecule has 7 heteroatoms. The lowest BCUT2D eigenvalue weighted by molar-refractivity contribution is -0.115. The van der Waals surface area contributed by atoms with E-state index in [0.717, 1.165) is 28.1 Å². The molecule has 30 heavy (non-hydrogen) atoms. The third-order valence-electron chi connectivity index (χ3n) is 5.28. The molecule has 1 N–H and O–H groups in total. The average Bonchev–Trinajstić information content (AvgIpc) is 2.99. The Morgan fingerprint density at radius 3 is 2.57 bits per heavy atom. The van der Waals surface area contributed by atoms with Crippen LogP contribution >= 0.6 is 11.8 Å². The predicted molar refractivity (Wildman–Crippen MR) is 120 cm³/mol. The number of nitrogens with zero attached hydrogens (tertiary/aromatic N) is 2. The monoisotopic (exact) mass is 423 g/mol. The summed E-state index contributed by atoms with van der Waals surface area (Å²) < 4.78 is 13.1. The zero-order valence-corrected chi connectivity index (χ0v) is 18.5. The van der Waals surface area contributed by atoms with Crippen LogP contribution in [-0.2, 0) is 4.79 Å². The number of fused-ring (bicyclic) bond motifs is 1. The third kappa shape index (κ3) is 3.43. The first-order valence-electron chi connectivity index (χ1n) is 9.78. The fourth-order valence-electron chi connectivity index (χ4n) is 3.82. The number of nitrogens with one attached hydrogen (secondary N) is 1. The van der Waals surface area contributed by atoms with Gasteiger partial charge in [0, 0.05) is 11.1 Å². The molecule has 1 aliphatic rings. The quantitative estimate of drug-likeness (QED) is 0.661. The number of carbonyl (C=O) groups is 1. The maximum Gasteiger partial charge on any atom is 0.238 e. The number of methoxy groups -OCH3 is 2. The van der Waals surface area contributed by atoms with Crippen molar-refractivity contribution in [3.8, 4) is 17.2 Å². The second-order valence-corrected chi connectivity index (χ2v) is 8.78. The van der Waals surface area contributed by atoms with Gasteiger partial charge in [-0.25, -0.2) is 4.68 Å². The van der Waals surface area contributed by atoms with Gasteiger partial charge in [0.2, 0.25) is 5.91 Å². The zero-order valence-electron chi connectivity index (χ0n) is 17.7. The summed E-state index contributed by atoms with van der Waals surface area (Å²) in [5.41, 5.74) is 4.84. The van der Waals surface area contributed by atoms with Gasteiger partial charge < -0.3 is 14.8 Å². The van der Waals surface area contributed by atoms with Gasteiger partial charge in [-0.3, -0.25) is 4.79 Å². The Morgan fingerprint density at radius 1 is 1.10 bits per heavy atom. The average molecular weight is 424 g/mol. The van der Waals surface area contributed by atoms with Crippen LogP contribution < -0.4 is 14.8 Å².